The first-order chi connectivity index (χ1) is 13.7. The van der Waals surface area contributed by atoms with Crippen molar-refractivity contribution in [1.29, 1.82) is 0 Å². The van der Waals surface area contributed by atoms with Crippen LogP contribution >= 0.6 is 11.8 Å². The molecule has 0 radical (unpaired) electrons. The number of nitrogens with zero attached hydrogens (tertiary/aromatic N) is 1. The van der Waals surface area contributed by atoms with Gasteiger partial charge in [0.1, 0.15) is 5.54 Å². The van der Waals surface area contributed by atoms with Crippen LogP contribution in [0.2, 0.25) is 0 Å². The number of aryl methyl sites for hydroxylation is 1. The van der Waals surface area contributed by atoms with Crippen molar-refractivity contribution in [3.8, 4) is 0 Å². The van der Waals surface area contributed by atoms with Crippen LogP contribution in [0.1, 0.15) is 24.5 Å². The van der Waals surface area contributed by atoms with Crippen LogP contribution in [-0.2, 0) is 21.5 Å². The van der Waals surface area contributed by atoms with Crippen LogP contribution in [0.25, 0.3) is 0 Å². The Morgan fingerprint density at radius 3 is 2.89 bits per heavy atom. The smallest absolute Gasteiger partial charge is 0.250 e. The van der Waals surface area contributed by atoms with Gasteiger partial charge < -0.3 is 10.6 Å². The van der Waals surface area contributed by atoms with Crippen molar-refractivity contribution in [2.45, 2.75) is 31.3 Å². The number of carbonyl (C=O) groups is 2. The molecule has 28 heavy (non-hydrogen) atoms. The molecule has 3 aliphatic heterocycles. The van der Waals surface area contributed by atoms with E-state index in [0.717, 1.165) is 40.6 Å². The molecule has 6 heteroatoms. The molecule has 3 unspecified atom stereocenters. The molecule has 2 aromatic carbocycles. The highest BCUT2D eigenvalue weighted by Gasteiger charge is 2.65. The first-order valence-corrected chi connectivity index (χ1v) is 11.0. The number of carbonyl (C=O) groups excluding carboxylic acids is 2. The third-order valence-corrected chi connectivity index (χ3v) is 7.43. The molecule has 0 aromatic heterocycles. The van der Waals surface area contributed by atoms with Crippen LogP contribution in [0.3, 0.4) is 0 Å². The average molecular weight is 394 g/mol. The second-order valence-electron chi connectivity index (χ2n) is 7.68. The zero-order chi connectivity index (χ0) is 19.3. The van der Waals surface area contributed by atoms with Gasteiger partial charge in [-0.1, -0.05) is 43.3 Å². The second-order valence-corrected chi connectivity index (χ2v) is 8.68. The van der Waals surface area contributed by atoms with E-state index in [1.807, 2.05) is 60.3 Å². The normalized spacial score (nSPS) is 28.2. The number of rotatable bonds is 3. The van der Waals surface area contributed by atoms with Gasteiger partial charge in [-0.05, 0) is 30.5 Å². The van der Waals surface area contributed by atoms with Gasteiger partial charge in [0.05, 0.1) is 5.92 Å². The summed E-state index contributed by atoms with van der Waals surface area (Å²) in [6.45, 7) is 2.08. The third kappa shape index (κ3) is 2.37. The molecule has 1 spiro atoms. The standard InChI is InChI=1S/C22H23N3O2S/c1-2-14-7-3-5-9-18(14)23-20(26)17-11-15-12-28-13-25(15)22(17)16-8-4-6-10-19(16)24-21(22)27/h3-10,15,17H,2,11-13H2,1H3,(H,23,26)(H,24,27). The van der Waals surface area contributed by atoms with Crippen molar-refractivity contribution in [2.75, 3.05) is 22.3 Å². The largest absolute Gasteiger partial charge is 0.326 e. The van der Waals surface area contributed by atoms with Gasteiger partial charge in [0, 0.05) is 34.6 Å². The first-order valence-electron chi connectivity index (χ1n) is 9.80. The van der Waals surface area contributed by atoms with Crippen molar-refractivity contribution < 1.29 is 9.59 Å². The van der Waals surface area contributed by atoms with Crippen molar-refractivity contribution in [2.24, 2.45) is 5.92 Å². The monoisotopic (exact) mass is 393 g/mol. The van der Waals surface area contributed by atoms with Crippen LogP contribution in [-0.4, -0.2) is 34.4 Å². The molecule has 2 N–H and O–H groups in total. The fraction of sp³-hybridized carbons (Fsp3) is 0.364. The quantitative estimate of drug-likeness (QED) is 0.839. The first kappa shape index (κ1) is 17.8. The second kappa shape index (κ2) is 6.64. The summed E-state index contributed by atoms with van der Waals surface area (Å²) in [6, 6.07) is 16.0. The number of benzene rings is 2. The molecule has 5 nitrogen and oxygen atoms in total. The molecule has 3 heterocycles. The molecule has 2 amide bonds. The van der Waals surface area contributed by atoms with E-state index in [1.165, 1.54) is 0 Å². The number of anilines is 2. The lowest BCUT2D eigenvalue weighted by molar-refractivity contribution is -0.134. The van der Waals surface area contributed by atoms with Gasteiger partial charge >= 0.3 is 0 Å². The number of hydrogen-bond donors (Lipinski definition) is 2. The maximum Gasteiger partial charge on any atom is 0.250 e. The van der Waals surface area contributed by atoms with E-state index in [2.05, 4.69) is 22.5 Å². The zero-order valence-corrected chi connectivity index (χ0v) is 16.6. The summed E-state index contributed by atoms with van der Waals surface area (Å²) >= 11 is 1.84. The van der Waals surface area contributed by atoms with Gasteiger partial charge in [0.2, 0.25) is 11.8 Å². The molecule has 2 aromatic rings. The third-order valence-electron chi connectivity index (χ3n) is 6.35. The molecule has 0 saturated carbocycles. The minimum atomic E-state index is -0.907. The molecule has 0 bridgehead atoms. The van der Waals surface area contributed by atoms with E-state index in [9.17, 15) is 9.59 Å². The predicted octanol–water partition coefficient (Wildman–Crippen LogP) is 3.43. The summed E-state index contributed by atoms with van der Waals surface area (Å²) in [6.07, 6.45) is 1.55. The van der Waals surface area contributed by atoms with Gasteiger partial charge in [-0.15, -0.1) is 11.8 Å². The van der Waals surface area contributed by atoms with Crippen LogP contribution in [0.5, 0.6) is 0 Å². The minimum absolute atomic E-state index is 0.0628. The Hall–Kier alpha value is -2.31. The van der Waals surface area contributed by atoms with Gasteiger partial charge in [-0.3, -0.25) is 14.5 Å². The lowest BCUT2D eigenvalue weighted by Crippen LogP contribution is -2.53. The van der Waals surface area contributed by atoms with Crippen molar-refractivity contribution >= 4 is 35.0 Å². The van der Waals surface area contributed by atoms with E-state index in [0.29, 0.717) is 6.42 Å². The van der Waals surface area contributed by atoms with Gasteiger partial charge in [-0.25, -0.2) is 0 Å². The molecule has 2 saturated heterocycles. The van der Waals surface area contributed by atoms with Crippen LogP contribution in [0.4, 0.5) is 11.4 Å². The van der Waals surface area contributed by atoms with Crippen LogP contribution in [0, 0.1) is 5.92 Å². The lowest BCUT2D eigenvalue weighted by atomic mass is 9.79. The van der Waals surface area contributed by atoms with Crippen molar-refractivity contribution in [3.05, 3.63) is 59.7 Å². The molecule has 0 aliphatic carbocycles. The Morgan fingerprint density at radius 2 is 2.04 bits per heavy atom. The maximum absolute atomic E-state index is 13.5. The maximum atomic E-state index is 13.5. The van der Waals surface area contributed by atoms with Gasteiger partial charge in [-0.2, -0.15) is 0 Å². The molecule has 144 valence electrons. The minimum Gasteiger partial charge on any atom is -0.326 e. The zero-order valence-electron chi connectivity index (χ0n) is 15.8. The molecule has 3 aliphatic rings. The van der Waals surface area contributed by atoms with Crippen molar-refractivity contribution in [3.63, 3.8) is 0 Å². The number of hydrogen-bond acceptors (Lipinski definition) is 4. The number of nitrogens with one attached hydrogen (secondary N) is 2. The number of amides is 2. The number of thioether (sulfide) groups is 1. The Bertz CT molecular complexity index is 962. The fourth-order valence-electron chi connectivity index (χ4n) is 5.07. The Balaban J connectivity index is 1.57. The highest BCUT2D eigenvalue weighted by Crippen LogP contribution is 2.55. The molecular weight excluding hydrogens is 370 g/mol. The summed E-state index contributed by atoms with van der Waals surface area (Å²) in [5.41, 5.74) is 2.81. The molecule has 3 atom stereocenters. The average Bonchev–Trinajstić information content (AvgIpc) is 3.37. The summed E-state index contributed by atoms with van der Waals surface area (Å²) < 4.78 is 0. The molecular formula is C22H23N3O2S. The fourth-order valence-corrected chi connectivity index (χ4v) is 6.38. The highest BCUT2D eigenvalue weighted by molar-refractivity contribution is 7.99. The molecule has 5 rings (SSSR count). The topological polar surface area (TPSA) is 61.4 Å². The van der Waals surface area contributed by atoms with E-state index < -0.39 is 11.5 Å². The van der Waals surface area contributed by atoms with Crippen LogP contribution < -0.4 is 10.6 Å². The Labute approximate surface area is 168 Å². The van der Waals surface area contributed by atoms with E-state index >= 15 is 0 Å². The van der Waals surface area contributed by atoms with E-state index in [1.54, 1.807) is 0 Å². The van der Waals surface area contributed by atoms with E-state index in [4.69, 9.17) is 0 Å². The van der Waals surface area contributed by atoms with Gasteiger partial charge in [0.15, 0.2) is 0 Å². The summed E-state index contributed by atoms with van der Waals surface area (Å²) in [4.78, 5) is 29.1. The molecule has 2 fully saturated rings. The summed E-state index contributed by atoms with van der Waals surface area (Å²) in [7, 11) is 0. The Morgan fingerprint density at radius 1 is 1.25 bits per heavy atom. The predicted molar refractivity (Wildman–Crippen MR) is 112 cm³/mol. The number of para-hydroxylation sites is 2. The Kier molecular flexibility index (Phi) is 4.21. The lowest BCUT2D eigenvalue weighted by Gasteiger charge is -2.36. The summed E-state index contributed by atoms with van der Waals surface area (Å²) in [5, 5.41) is 6.19. The SMILES string of the molecule is CCc1ccccc1NC(=O)C1CC2CSCN2C12C(=O)Nc1ccccc12. The summed E-state index contributed by atoms with van der Waals surface area (Å²) in [5.74, 6) is 1.20. The van der Waals surface area contributed by atoms with Crippen molar-refractivity contribution in [1.82, 2.24) is 4.90 Å². The highest BCUT2D eigenvalue weighted by atomic mass is 32.2. The number of fused-ring (bicyclic) bond motifs is 4. The van der Waals surface area contributed by atoms with Crippen LogP contribution in [0.15, 0.2) is 48.5 Å². The van der Waals surface area contributed by atoms with E-state index in [-0.39, 0.29) is 17.9 Å². The van der Waals surface area contributed by atoms with Gasteiger partial charge in [0.25, 0.3) is 0 Å².